The van der Waals surface area contributed by atoms with E-state index >= 15 is 4.39 Å². The number of halogens is 3. The molecular formula is C31H31ClF2N6O3. The van der Waals surface area contributed by atoms with Crippen molar-refractivity contribution in [3.05, 3.63) is 107 Å². The Morgan fingerprint density at radius 1 is 1.09 bits per heavy atom. The summed E-state index contributed by atoms with van der Waals surface area (Å²) in [5.74, 6) is -1.59. The lowest BCUT2D eigenvalue weighted by atomic mass is 9.86. The number of aromatic nitrogens is 5. The molecule has 1 aliphatic rings. The van der Waals surface area contributed by atoms with Gasteiger partial charge in [0.05, 0.1) is 31.3 Å². The van der Waals surface area contributed by atoms with Crippen molar-refractivity contribution in [1.82, 2.24) is 24.5 Å². The first-order valence-electron chi connectivity index (χ1n) is 14.0. The Balaban J connectivity index is 1.32. The van der Waals surface area contributed by atoms with Gasteiger partial charge in [-0.25, -0.2) is 18.4 Å². The molecular weight excluding hydrogens is 578 g/mol. The molecule has 0 amide bonds. The van der Waals surface area contributed by atoms with Crippen molar-refractivity contribution in [2.24, 2.45) is 0 Å². The van der Waals surface area contributed by atoms with Gasteiger partial charge in [0.2, 0.25) is 0 Å². The largest absolute Gasteiger partial charge is 0.381 e. The standard InChI is InChI=1S/C31H31ClF2N6O3/c1-21(31(41,18-39-20-35-19-36-39)27-8-6-25(33)15-28(27)34)40-17-23-14-26(7-9-29(23)37-40)38(11-10-30-42-12-13-43-30)16-22-2-4-24(32)5-3-22/h2-9,14-15,17,19-21,30,41H,10-13,16,18H2,1H3/t21-,31-/m1/s1. The van der Waals surface area contributed by atoms with Crippen LogP contribution in [0.5, 0.6) is 0 Å². The molecule has 0 aliphatic carbocycles. The van der Waals surface area contributed by atoms with Gasteiger partial charge in [-0.1, -0.05) is 29.8 Å². The topological polar surface area (TPSA) is 90.5 Å². The number of hydrogen-bond acceptors (Lipinski definition) is 7. The summed E-state index contributed by atoms with van der Waals surface area (Å²) in [4.78, 5) is 6.18. The van der Waals surface area contributed by atoms with Gasteiger partial charge in [-0.3, -0.25) is 4.68 Å². The van der Waals surface area contributed by atoms with E-state index in [0.29, 0.717) is 43.3 Å². The summed E-state index contributed by atoms with van der Waals surface area (Å²) in [5, 5.41) is 22.4. The maximum atomic E-state index is 15.1. The summed E-state index contributed by atoms with van der Waals surface area (Å²) in [6.07, 6.45) is 5.04. The van der Waals surface area contributed by atoms with Crippen LogP contribution in [0.3, 0.4) is 0 Å². The number of anilines is 1. The van der Waals surface area contributed by atoms with Crippen molar-refractivity contribution < 1.29 is 23.4 Å². The van der Waals surface area contributed by atoms with E-state index < -0.39 is 23.3 Å². The van der Waals surface area contributed by atoms with E-state index in [0.717, 1.165) is 28.8 Å². The number of rotatable bonds is 11. The highest BCUT2D eigenvalue weighted by Crippen LogP contribution is 2.37. The van der Waals surface area contributed by atoms with Crippen LogP contribution >= 0.6 is 11.6 Å². The molecule has 3 heterocycles. The summed E-state index contributed by atoms with van der Waals surface area (Å²) in [6, 6.07) is 16.1. The second kappa shape index (κ2) is 12.4. The van der Waals surface area contributed by atoms with Crippen LogP contribution in [0.4, 0.5) is 14.5 Å². The van der Waals surface area contributed by atoms with Crippen molar-refractivity contribution >= 4 is 28.2 Å². The van der Waals surface area contributed by atoms with E-state index in [4.69, 9.17) is 26.2 Å². The summed E-state index contributed by atoms with van der Waals surface area (Å²) in [7, 11) is 0. The predicted octanol–water partition coefficient (Wildman–Crippen LogP) is 5.48. The molecule has 5 aromatic rings. The molecule has 0 unspecified atom stereocenters. The van der Waals surface area contributed by atoms with Gasteiger partial charge in [0.25, 0.3) is 0 Å². The highest BCUT2D eigenvalue weighted by molar-refractivity contribution is 6.30. The monoisotopic (exact) mass is 608 g/mol. The fraction of sp³-hybridized carbons (Fsp3) is 0.323. The Kier molecular flexibility index (Phi) is 8.40. The Morgan fingerprint density at radius 2 is 1.88 bits per heavy atom. The van der Waals surface area contributed by atoms with Gasteiger partial charge in [0.15, 0.2) is 6.29 Å². The van der Waals surface area contributed by atoms with Gasteiger partial charge < -0.3 is 19.5 Å². The van der Waals surface area contributed by atoms with Crippen LogP contribution in [0.2, 0.25) is 5.02 Å². The third-order valence-corrected chi connectivity index (χ3v) is 8.09. The highest BCUT2D eigenvalue weighted by atomic mass is 35.5. The first-order valence-corrected chi connectivity index (χ1v) is 14.4. The fourth-order valence-electron chi connectivity index (χ4n) is 5.44. The average molecular weight is 609 g/mol. The summed E-state index contributed by atoms with van der Waals surface area (Å²) < 4.78 is 43.2. The molecule has 1 saturated heterocycles. The first-order chi connectivity index (χ1) is 20.8. The van der Waals surface area contributed by atoms with Crippen molar-refractivity contribution in [3.8, 4) is 0 Å². The Labute approximate surface area is 252 Å². The second-order valence-electron chi connectivity index (χ2n) is 10.7. The second-order valence-corrected chi connectivity index (χ2v) is 11.1. The van der Waals surface area contributed by atoms with E-state index in [2.05, 4.69) is 15.0 Å². The van der Waals surface area contributed by atoms with Gasteiger partial charge in [-0.2, -0.15) is 10.2 Å². The molecule has 2 aromatic heterocycles. The van der Waals surface area contributed by atoms with Crippen LogP contribution in [0.25, 0.3) is 10.9 Å². The molecule has 0 spiro atoms. The normalized spacial score (nSPS) is 16.0. The summed E-state index contributed by atoms with van der Waals surface area (Å²) in [6.45, 7) is 4.12. The van der Waals surface area contributed by atoms with E-state index in [-0.39, 0.29) is 18.4 Å². The van der Waals surface area contributed by atoms with Crippen LogP contribution in [-0.2, 0) is 28.2 Å². The number of benzene rings is 3. The lowest BCUT2D eigenvalue weighted by Gasteiger charge is -2.34. The zero-order chi connectivity index (χ0) is 30.0. The van der Waals surface area contributed by atoms with Gasteiger partial charge >= 0.3 is 0 Å². The number of nitrogens with zero attached hydrogens (tertiary/aromatic N) is 6. The van der Waals surface area contributed by atoms with Gasteiger partial charge in [-0.15, -0.1) is 0 Å². The summed E-state index contributed by atoms with van der Waals surface area (Å²) in [5.41, 5.74) is 0.865. The fourth-order valence-corrected chi connectivity index (χ4v) is 5.56. The molecule has 12 heteroatoms. The number of ether oxygens (including phenoxy) is 2. The smallest absolute Gasteiger partial charge is 0.159 e. The van der Waals surface area contributed by atoms with Crippen LogP contribution in [-0.4, -0.2) is 55.7 Å². The van der Waals surface area contributed by atoms with E-state index in [9.17, 15) is 9.50 Å². The van der Waals surface area contributed by atoms with E-state index in [1.807, 2.05) is 48.7 Å². The molecule has 1 N–H and O–H groups in total. The Hall–Kier alpha value is -3.90. The van der Waals surface area contributed by atoms with Crippen molar-refractivity contribution in [1.29, 1.82) is 0 Å². The van der Waals surface area contributed by atoms with Crippen LogP contribution in [0.15, 0.2) is 79.5 Å². The molecule has 6 rings (SSSR count). The molecule has 1 aliphatic heterocycles. The minimum absolute atomic E-state index is 0.0670. The zero-order valence-electron chi connectivity index (χ0n) is 23.5. The lowest BCUT2D eigenvalue weighted by Crippen LogP contribution is -2.40. The van der Waals surface area contributed by atoms with Crippen LogP contribution < -0.4 is 4.90 Å². The van der Waals surface area contributed by atoms with Gasteiger partial charge in [0, 0.05) is 53.4 Å². The number of aliphatic hydroxyl groups is 1. The molecule has 0 bridgehead atoms. The molecule has 43 heavy (non-hydrogen) atoms. The molecule has 9 nitrogen and oxygen atoms in total. The SMILES string of the molecule is C[C@@H](n1cc2cc(N(CCC3OCCO3)Cc3ccc(Cl)cc3)ccc2n1)[C@](O)(Cn1cncn1)c1ccc(F)cc1F. The van der Waals surface area contributed by atoms with E-state index in [1.54, 1.807) is 11.6 Å². The molecule has 2 atom stereocenters. The third kappa shape index (κ3) is 6.40. The quantitative estimate of drug-likeness (QED) is 0.212. The zero-order valence-corrected chi connectivity index (χ0v) is 24.2. The minimum Gasteiger partial charge on any atom is -0.381 e. The average Bonchev–Trinajstić information content (AvgIpc) is 3.78. The Morgan fingerprint density at radius 3 is 2.60 bits per heavy atom. The Bertz CT molecular complexity index is 1680. The van der Waals surface area contributed by atoms with Crippen LogP contribution in [0, 0.1) is 11.6 Å². The summed E-state index contributed by atoms with van der Waals surface area (Å²) >= 11 is 6.11. The van der Waals surface area contributed by atoms with Crippen molar-refractivity contribution in [2.45, 2.75) is 44.4 Å². The van der Waals surface area contributed by atoms with Crippen LogP contribution in [0.1, 0.15) is 30.5 Å². The number of fused-ring (bicyclic) bond motifs is 1. The molecule has 3 aromatic carbocycles. The third-order valence-electron chi connectivity index (χ3n) is 7.84. The molecule has 1 fully saturated rings. The van der Waals surface area contributed by atoms with Gasteiger partial charge in [-0.05, 0) is 48.9 Å². The maximum absolute atomic E-state index is 15.1. The molecule has 0 radical (unpaired) electrons. The lowest BCUT2D eigenvalue weighted by molar-refractivity contribution is -0.0449. The maximum Gasteiger partial charge on any atom is 0.159 e. The highest BCUT2D eigenvalue weighted by Gasteiger charge is 2.41. The first kappa shape index (κ1) is 29.2. The number of hydrogen-bond donors (Lipinski definition) is 1. The predicted molar refractivity (Wildman–Crippen MR) is 158 cm³/mol. The molecule has 0 saturated carbocycles. The molecule has 224 valence electrons. The van der Waals surface area contributed by atoms with Crippen molar-refractivity contribution in [2.75, 3.05) is 24.7 Å². The van der Waals surface area contributed by atoms with E-state index in [1.165, 1.54) is 23.4 Å². The minimum atomic E-state index is -1.84. The van der Waals surface area contributed by atoms with Gasteiger partial charge in [0.1, 0.15) is 29.9 Å². The van der Waals surface area contributed by atoms with Crippen molar-refractivity contribution in [3.63, 3.8) is 0 Å².